The van der Waals surface area contributed by atoms with E-state index in [1.54, 1.807) is 0 Å². The molecule has 1 aliphatic rings. The van der Waals surface area contributed by atoms with E-state index >= 15 is 0 Å². The van der Waals surface area contributed by atoms with Crippen LogP contribution in [-0.2, 0) is 11.3 Å². The van der Waals surface area contributed by atoms with Gasteiger partial charge < -0.3 is 9.84 Å². The van der Waals surface area contributed by atoms with E-state index in [9.17, 15) is 4.79 Å². The van der Waals surface area contributed by atoms with Gasteiger partial charge in [-0.25, -0.2) is 0 Å². The molecule has 1 aromatic heterocycles. The Morgan fingerprint density at radius 3 is 2.55 bits per heavy atom. The van der Waals surface area contributed by atoms with Gasteiger partial charge in [0.05, 0.1) is 12.6 Å². The molecule has 2 heterocycles. The zero-order valence-corrected chi connectivity index (χ0v) is 18.4. The lowest BCUT2D eigenvalue weighted by Gasteiger charge is -2.31. The number of rotatable bonds is 7. The van der Waals surface area contributed by atoms with Crippen LogP contribution < -0.4 is 5.32 Å². The molecule has 3 aromatic rings. The average molecular weight is 439 g/mol. The Bertz CT molecular complexity index is 982. The van der Waals surface area contributed by atoms with Gasteiger partial charge in [-0.2, -0.15) is 4.98 Å². The van der Waals surface area contributed by atoms with Crippen LogP contribution in [0.2, 0.25) is 5.02 Å². The average Bonchev–Trinajstić information content (AvgIpc) is 3.27. The Hall–Kier alpha value is -2.70. The van der Waals surface area contributed by atoms with Crippen molar-refractivity contribution in [1.29, 1.82) is 0 Å². The Kier molecular flexibility index (Phi) is 6.99. The summed E-state index contributed by atoms with van der Waals surface area (Å²) in [5.41, 5.74) is 2.03. The van der Waals surface area contributed by atoms with E-state index < -0.39 is 0 Å². The summed E-state index contributed by atoms with van der Waals surface area (Å²) in [6.45, 7) is 4.36. The highest BCUT2D eigenvalue weighted by atomic mass is 35.5. The van der Waals surface area contributed by atoms with Crippen LogP contribution in [-0.4, -0.2) is 34.0 Å². The van der Waals surface area contributed by atoms with E-state index in [0.29, 0.717) is 23.3 Å². The molecule has 0 bridgehead atoms. The molecule has 1 saturated heterocycles. The lowest BCUT2D eigenvalue weighted by molar-refractivity contribution is -0.127. The second kappa shape index (κ2) is 10.1. The third-order valence-corrected chi connectivity index (χ3v) is 6.07. The van der Waals surface area contributed by atoms with Gasteiger partial charge in [0.2, 0.25) is 17.6 Å². The SMILES string of the molecule is CCC(NC(=O)C1CCN(Cc2nc(-c3ccc(Cl)cc3)no2)CC1)c1ccccc1. The van der Waals surface area contributed by atoms with E-state index in [2.05, 4.69) is 39.4 Å². The summed E-state index contributed by atoms with van der Waals surface area (Å²) in [5.74, 6) is 1.34. The number of nitrogens with one attached hydrogen (secondary N) is 1. The van der Waals surface area contributed by atoms with Crippen LogP contribution in [0.1, 0.15) is 43.7 Å². The van der Waals surface area contributed by atoms with E-state index in [1.807, 2.05) is 42.5 Å². The fourth-order valence-electron chi connectivity index (χ4n) is 3.98. The number of aromatic nitrogens is 2. The van der Waals surface area contributed by atoms with Crippen molar-refractivity contribution >= 4 is 17.5 Å². The molecule has 1 fully saturated rings. The van der Waals surface area contributed by atoms with Crippen molar-refractivity contribution in [2.75, 3.05) is 13.1 Å². The second-order valence-corrected chi connectivity index (χ2v) is 8.39. The normalized spacial score (nSPS) is 16.2. The molecule has 4 rings (SSSR count). The molecule has 0 saturated carbocycles. The quantitative estimate of drug-likeness (QED) is 0.569. The fraction of sp³-hybridized carbons (Fsp3) is 0.375. The number of hydrogen-bond donors (Lipinski definition) is 1. The number of hydrogen-bond acceptors (Lipinski definition) is 5. The van der Waals surface area contributed by atoms with Crippen molar-refractivity contribution < 1.29 is 9.32 Å². The first-order valence-electron chi connectivity index (χ1n) is 10.8. The molecule has 1 atom stereocenters. The molecule has 7 heteroatoms. The van der Waals surface area contributed by atoms with Crippen LogP contribution in [0.4, 0.5) is 0 Å². The Morgan fingerprint density at radius 2 is 1.87 bits per heavy atom. The topological polar surface area (TPSA) is 71.3 Å². The van der Waals surface area contributed by atoms with Gasteiger partial charge in [0.25, 0.3) is 0 Å². The monoisotopic (exact) mass is 438 g/mol. The van der Waals surface area contributed by atoms with Gasteiger partial charge in [0, 0.05) is 16.5 Å². The number of benzene rings is 2. The molecule has 0 spiro atoms. The summed E-state index contributed by atoms with van der Waals surface area (Å²) in [6.07, 6.45) is 2.53. The molecule has 2 aromatic carbocycles. The lowest BCUT2D eigenvalue weighted by Crippen LogP contribution is -2.41. The lowest BCUT2D eigenvalue weighted by atomic mass is 9.94. The van der Waals surface area contributed by atoms with Crippen LogP contribution in [0.25, 0.3) is 11.4 Å². The highest BCUT2D eigenvalue weighted by Crippen LogP contribution is 2.23. The van der Waals surface area contributed by atoms with Crippen molar-refractivity contribution in [2.24, 2.45) is 5.92 Å². The largest absolute Gasteiger partial charge is 0.349 e. The first-order valence-corrected chi connectivity index (χ1v) is 11.2. The van der Waals surface area contributed by atoms with Crippen LogP contribution in [0.5, 0.6) is 0 Å². The van der Waals surface area contributed by atoms with E-state index in [1.165, 1.54) is 0 Å². The number of piperidine rings is 1. The molecule has 0 radical (unpaired) electrons. The third kappa shape index (κ3) is 5.51. The van der Waals surface area contributed by atoms with E-state index in [0.717, 1.165) is 43.5 Å². The van der Waals surface area contributed by atoms with Gasteiger partial charge in [-0.3, -0.25) is 9.69 Å². The predicted molar refractivity (Wildman–Crippen MR) is 120 cm³/mol. The maximum absolute atomic E-state index is 12.8. The Labute approximate surface area is 187 Å². The maximum Gasteiger partial charge on any atom is 0.241 e. The van der Waals surface area contributed by atoms with Crippen molar-refractivity contribution in [3.8, 4) is 11.4 Å². The maximum atomic E-state index is 12.8. The molecular weight excluding hydrogens is 412 g/mol. The van der Waals surface area contributed by atoms with Gasteiger partial charge >= 0.3 is 0 Å². The smallest absolute Gasteiger partial charge is 0.241 e. The summed E-state index contributed by atoms with van der Waals surface area (Å²) in [4.78, 5) is 19.6. The number of halogens is 1. The first-order chi connectivity index (χ1) is 15.1. The summed E-state index contributed by atoms with van der Waals surface area (Å²) < 4.78 is 5.43. The molecule has 1 amide bonds. The third-order valence-electron chi connectivity index (χ3n) is 5.81. The highest BCUT2D eigenvalue weighted by Gasteiger charge is 2.27. The molecule has 0 aliphatic carbocycles. The van der Waals surface area contributed by atoms with Crippen LogP contribution in [0, 0.1) is 5.92 Å². The van der Waals surface area contributed by atoms with E-state index in [-0.39, 0.29) is 17.9 Å². The zero-order valence-electron chi connectivity index (χ0n) is 17.6. The molecule has 1 unspecified atom stereocenters. The summed E-state index contributed by atoms with van der Waals surface area (Å²) >= 11 is 5.93. The zero-order chi connectivity index (χ0) is 21.6. The number of carbonyl (C=O) groups excluding carboxylic acids is 1. The Morgan fingerprint density at radius 1 is 1.16 bits per heavy atom. The van der Waals surface area contributed by atoms with E-state index in [4.69, 9.17) is 16.1 Å². The standard InChI is InChI=1S/C24H27ClN4O2/c1-2-21(17-6-4-3-5-7-17)26-24(30)19-12-14-29(15-13-19)16-22-27-23(28-31-22)18-8-10-20(25)11-9-18/h3-11,19,21H,2,12-16H2,1H3,(H,26,30). The van der Waals surface area contributed by atoms with Gasteiger partial charge in [-0.05, 0) is 62.2 Å². The van der Waals surface area contributed by atoms with Crippen LogP contribution in [0.15, 0.2) is 59.1 Å². The number of carbonyl (C=O) groups is 1. The second-order valence-electron chi connectivity index (χ2n) is 7.95. The predicted octanol–water partition coefficient (Wildman–Crippen LogP) is 4.87. The molecule has 1 aliphatic heterocycles. The van der Waals surface area contributed by atoms with Gasteiger partial charge in [-0.15, -0.1) is 0 Å². The fourth-order valence-corrected chi connectivity index (χ4v) is 4.10. The van der Waals surface area contributed by atoms with Crippen molar-refractivity contribution in [1.82, 2.24) is 20.4 Å². The number of likely N-dealkylation sites (tertiary alicyclic amines) is 1. The van der Waals surface area contributed by atoms with Crippen molar-refractivity contribution in [2.45, 2.75) is 38.8 Å². The van der Waals surface area contributed by atoms with Gasteiger partial charge in [-0.1, -0.05) is 54.0 Å². The van der Waals surface area contributed by atoms with Crippen molar-refractivity contribution in [3.05, 3.63) is 71.1 Å². The summed E-state index contributed by atoms with van der Waals surface area (Å²) in [5, 5.41) is 7.99. The first kappa shape index (κ1) is 21.5. The minimum Gasteiger partial charge on any atom is -0.349 e. The molecule has 31 heavy (non-hydrogen) atoms. The highest BCUT2D eigenvalue weighted by molar-refractivity contribution is 6.30. The van der Waals surface area contributed by atoms with Gasteiger partial charge in [0.15, 0.2) is 0 Å². The van der Waals surface area contributed by atoms with Crippen LogP contribution >= 0.6 is 11.6 Å². The molecule has 6 nitrogen and oxygen atoms in total. The minimum atomic E-state index is 0.0429. The Balaban J connectivity index is 1.28. The van der Waals surface area contributed by atoms with Gasteiger partial charge in [0.1, 0.15) is 0 Å². The van der Waals surface area contributed by atoms with Crippen LogP contribution in [0.3, 0.4) is 0 Å². The summed E-state index contributed by atoms with van der Waals surface area (Å²) in [7, 11) is 0. The molecule has 162 valence electrons. The number of amides is 1. The molecule has 1 N–H and O–H groups in total. The number of nitrogens with zero attached hydrogens (tertiary/aromatic N) is 3. The minimum absolute atomic E-state index is 0.0429. The molecular formula is C24H27ClN4O2. The van der Waals surface area contributed by atoms with Crippen molar-refractivity contribution in [3.63, 3.8) is 0 Å². The summed E-state index contributed by atoms with van der Waals surface area (Å²) in [6, 6.07) is 17.6.